The molecule has 5 heteroatoms. The zero-order chi connectivity index (χ0) is 12.4. The van der Waals surface area contributed by atoms with Crippen LogP contribution in [-0.4, -0.2) is 9.55 Å². The average molecular weight is 266 g/mol. The molecule has 0 bridgehead atoms. The number of nitrogens with zero attached hydrogens (tertiary/aromatic N) is 2. The Kier molecular flexibility index (Phi) is 3.28. The summed E-state index contributed by atoms with van der Waals surface area (Å²) in [6.07, 6.45) is 6.82. The van der Waals surface area contributed by atoms with Gasteiger partial charge in [-0.25, -0.2) is 4.98 Å². The Bertz CT molecular complexity index is 596. The average Bonchev–Trinajstić information content (AvgIpc) is 2.65. The molecule has 0 aliphatic heterocycles. The van der Waals surface area contributed by atoms with Gasteiger partial charge in [0.15, 0.2) is 0 Å². The molecule has 2 rings (SSSR count). The largest absolute Gasteiger partial charge is 0.383 e. The lowest BCUT2D eigenvalue weighted by Crippen LogP contribution is -2.00. The van der Waals surface area contributed by atoms with Crippen LogP contribution in [0.5, 0.6) is 0 Å². The summed E-state index contributed by atoms with van der Waals surface area (Å²) in [6, 6.07) is 5.14. The first-order valence-electron chi connectivity index (χ1n) is 4.83. The van der Waals surface area contributed by atoms with Crippen molar-refractivity contribution >= 4 is 29.0 Å². The Morgan fingerprint density at radius 2 is 2.18 bits per heavy atom. The maximum absolute atomic E-state index is 6.09. The summed E-state index contributed by atoms with van der Waals surface area (Å²) in [5, 5.41) is 1.13. The van der Waals surface area contributed by atoms with Crippen LogP contribution in [0, 0.1) is 12.3 Å². The van der Waals surface area contributed by atoms with E-state index in [1.807, 2.05) is 0 Å². The third kappa shape index (κ3) is 2.23. The lowest BCUT2D eigenvalue weighted by atomic mass is 10.1. The van der Waals surface area contributed by atoms with E-state index in [4.69, 9.17) is 35.4 Å². The lowest BCUT2D eigenvalue weighted by molar-refractivity contribution is 0.852. The highest BCUT2D eigenvalue weighted by atomic mass is 35.5. The van der Waals surface area contributed by atoms with Crippen LogP contribution in [-0.2, 0) is 6.54 Å². The van der Waals surface area contributed by atoms with E-state index in [0.29, 0.717) is 33.7 Å². The number of imidazole rings is 1. The third-order valence-corrected chi connectivity index (χ3v) is 2.89. The highest BCUT2D eigenvalue weighted by Crippen LogP contribution is 2.32. The second-order valence-corrected chi connectivity index (χ2v) is 4.28. The summed E-state index contributed by atoms with van der Waals surface area (Å²) in [5.74, 6) is 2.98. The fraction of sp³-hybridized carbons (Fsp3) is 0.0833. The van der Waals surface area contributed by atoms with Crippen LogP contribution in [0.15, 0.2) is 24.5 Å². The molecule has 0 aliphatic carbocycles. The lowest BCUT2D eigenvalue weighted by Gasteiger charge is -2.04. The summed E-state index contributed by atoms with van der Waals surface area (Å²) >= 11 is 12.0. The van der Waals surface area contributed by atoms with Crippen LogP contribution in [0.25, 0.3) is 11.3 Å². The standard InChI is InChI=1S/C12H9Cl2N3/c1-2-5-17-7-16-11(12(17)15)9-6-8(13)3-4-10(9)14/h1,3-4,6-7H,5,15H2. The molecule has 1 aromatic carbocycles. The molecule has 2 aromatic rings. The molecule has 0 aliphatic rings. The Balaban J connectivity index is 2.54. The summed E-state index contributed by atoms with van der Waals surface area (Å²) in [4.78, 5) is 4.21. The number of hydrogen-bond donors (Lipinski definition) is 1. The molecular weight excluding hydrogens is 257 g/mol. The molecule has 0 saturated carbocycles. The van der Waals surface area contributed by atoms with Crippen LogP contribution >= 0.6 is 23.2 Å². The fourth-order valence-electron chi connectivity index (χ4n) is 1.50. The van der Waals surface area contributed by atoms with Crippen LogP contribution in [0.2, 0.25) is 10.0 Å². The van der Waals surface area contributed by atoms with Crippen LogP contribution in [0.3, 0.4) is 0 Å². The predicted molar refractivity (Wildman–Crippen MR) is 70.9 cm³/mol. The van der Waals surface area contributed by atoms with Crippen molar-refractivity contribution in [1.82, 2.24) is 9.55 Å². The molecule has 0 radical (unpaired) electrons. The molecule has 2 N–H and O–H groups in total. The van der Waals surface area contributed by atoms with E-state index in [-0.39, 0.29) is 0 Å². The SMILES string of the molecule is C#CCn1cnc(-c2cc(Cl)ccc2Cl)c1N. The Morgan fingerprint density at radius 3 is 2.88 bits per heavy atom. The number of anilines is 1. The second-order valence-electron chi connectivity index (χ2n) is 3.43. The Hall–Kier alpha value is -1.63. The number of benzene rings is 1. The van der Waals surface area contributed by atoms with E-state index in [1.54, 1.807) is 29.1 Å². The summed E-state index contributed by atoms with van der Waals surface area (Å²) in [6.45, 7) is 0.372. The molecule has 86 valence electrons. The van der Waals surface area contributed by atoms with E-state index >= 15 is 0 Å². The van der Waals surface area contributed by atoms with Gasteiger partial charge in [0.05, 0.1) is 17.9 Å². The normalized spacial score (nSPS) is 10.2. The summed E-state index contributed by atoms with van der Waals surface area (Å²) < 4.78 is 1.67. The van der Waals surface area contributed by atoms with E-state index in [0.717, 1.165) is 0 Å². The first-order chi connectivity index (χ1) is 8.13. The third-order valence-electron chi connectivity index (χ3n) is 2.32. The predicted octanol–water partition coefficient (Wildman–Crippen LogP) is 3.07. The van der Waals surface area contributed by atoms with Gasteiger partial charge in [-0.3, -0.25) is 0 Å². The van der Waals surface area contributed by atoms with Crippen molar-refractivity contribution < 1.29 is 0 Å². The van der Waals surface area contributed by atoms with Gasteiger partial charge in [0, 0.05) is 10.6 Å². The maximum Gasteiger partial charge on any atom is 0.132 e. The van der Waals surface area contributed by atoms with Crippen molar-refractivity contribution in [3.8, 4) is 23.6 Å². The number of rotatable bonds is 2. The van der Waals surface area contributed by atoms with Crippen LogP contribution in [0.1, 0.15) is 0 Å². The van der Waals surface area contributed by atoms with Crippen molar-refractivity contribution in [2.45, 2.75) is 6.54 Å². The molecule has 1 heterocycles. The van der Waals surface area contributed by atoms with Crippen molar-refractivity contribution in [1.29, 1.82) is 0 Å². The van der Waals surface area contributed by atoms with E-state index < -0.39 is 0 Å². The van der Waals surface area contributed by atoms with Gasteiger partial charge < -0.3 is 10.3 Å². The molecule has 1 aromatic heterocycles. The number of terminal acetylenes is 1. The zero-order valence-corrected chi connectivity index (χ0v) is 10.3. The summed E-state index contributed by atoms with van der Waals surface area (Å²) in [7, 11) is 0. The minimum atomic E-state index is 0.372. The number of aromatic nitrogens is 2. The van der Waals surface area contributed by atoms with Crippen molar-refractivity contribution in [2.24, 2.45) is 0 Å². The van der Waals surface area contributed by atoms with Gasteiger partial charge >= 0.3 is 0 Å². The fourth-order valence-corrected chi connectivity index (χ4v) is 1.88. The van der Waals surface area contributed by atoms with Gasteiger partial charge in [-0.15, -0.1) is 6.42 Å². The monoisotopic (exact) mass is 265 g/mol. The van der Waals surface area contributed by atoms with Crippen LogP contribution in [0.4, 0.5) is 5.82 Å². The van der Waals surface area contributed by atoms with Gasteiger partial charge in [-0.2, -0.15) is 0 Å². The van der Waals surface area contributed by atoms with E-state index in [2.05, 4.69) is 10.9 Å². The van der Waals surface area contributed by atoms with Gasteiger partial charge in [0.2, 0.25) is 0 Å². The van der Waals surface area contributed by atoms with Gasteiger partial charge in [0.1, 0.15) is 11.5 Å². The highest BCUT2D eigenvalue weighted by molar-refractivity contribution is 6.35. The second kappa shape index (κ2) is 4.70. The molecular formula is C12H9Cl2N3. The molecule has 3 nitrogen and oxygen atoms in total. The topological polar surface area (TPSA) is 43.8 Å². The minimum absolute atomic E-state index is 0.372. The quantitative estimate of drug-likeness (QED) is 0.849. The molecule has 0 atom stereocenters. The van der Waals surface area contributed by atoms with E-state index in [9.17, 15) is 0 Å². The maximum atomic E-state index is 6.09. The number of halogens is 2. The molecule has 0 fully saturated rings. The summed E-state index contributed by atoms with van der Waals surface area (Å²) in [5.41, 5.74) is 7.24. The van der Waals surface area contributed by atoms with Gasteiger partial charge in [-0.1, -0.05) is 29.1 Å². The number of hydrogen-bond acceptors (Lipinski definition) is 2. The van der Waals surface area contributed by atoms with Crippen LogP contribution < -0.4 is 5.73 Å². The minimum Gasteiger partial charge on any atom is -0.383 e. The number of nitrogen functional groups attached to an aromatic ring is 1. The smallest absolute Gasteiger partial charge is 0.132 e. The first-order valence-corrected chi connectivity index (χ1v) is 5.58. The Morgan fingerprint density at radius 1 is 1.41 bits per heavy atom. The molecule has 0 spiro atoms. The molecule has 17 heavy (non-hydrogen) atoms. The van der Waals surface area contributed by atoms with Gasteiger partial charge in [-0.05, 0) is 18.2 Å². The molecule has 0 saturated heterocycles. The van der Waals surface area contributed by atoms with Crippen molar-refractivity contribution in [3.05, 3.63) is 34.6 Å². The van der Waals surface area contributed by atoms with Gasteiger partial charge in [0.25, 0.3) is 0 Å². The Labute approximate surface area is 109 Å². The van der Waals surface area contributed by atoms with Crippen molar-refractivity contribution in [2.75, 3.05) is 5.73 Å². The van der Waals surface area contributed by atoms with Crippen molar-refractivity contribution in [3.63, 3.8) is 0 Å². The number of nitrogens with two attached hydrogens (primary N) is 1. The molecule has 0 amide bonds. The molecule has 0 unspecified atom stereocenters. The highest BCUT2D eigenvalue weighted by Gasteiger charge is 2.12. The first kappa shape index (κ1) is 11.8. The van der Waals surface area contributed by atoms with E-state index in [1.165, 1.54) is 0 Å². The zero-order valence-electron chi connectivity index (χ0n) is 8.82.